The van der Waals surface area contributed by atoms with Crippen LogP contribution in [0.4, 0.5) is 11.6 Å². The summed E-state index contributed by atoms with van der Waals surface area (Å²) in [4.78, 5) is 47.1. The van der Waals surface area contributed by atoms with Gasteiger partial charge in [-0.3, -0.25) is 19.6 Å². The molecular formula is C20H16N6O5S2. The molecule has 4 rings (SSSR count). The van der Waals surface area contributed by atoms with Crippen LogP contribution in [0.25, 0.3) is 11.3 Å². The topological polar surface area (TPSA) is 200 Å². The van der Waals surface area contributed by atoms with E-state index in [1.165, 1.54) is 18.2 Å². The molecule has 0 saturated heterocycles. The number of nitrogens with two attached hydrogens (primary N) is 2. The zero-order valence-corrected chi connectivity index (χ0v) is 18.2. The second kappa shape index (κ2) is 8.37. The van der Waals surface area contributed by atoms with E-state index in [0.29, 0.717) is 11.3 Å². The first-order valence-electron chi connectivity index (χ1n) is 9.33. The summed E-state index contributed by atoms with van der Waals surface area (Å²) in [6.07, 6.45) is 0. The van der Waals surface area contributed by atoms with Crippen molar-refractivity contribution in [3.63, 3.8) is 0 Å². The van der Waals surface area contributed by atoms with Crippen molar-refractivity contribution >= 4 is 42.0 Å². The molecule has 0 fully saturated rings. The highest BCUT2D eigenvalue weighted by Crippen LogP contribution is 2.36. The number of aromatic nitrogens is 4. The van der Waals surface area contributed by atoms with Gasteiger partial charge in [-0.25, -0.2) is 4.79 Å². The summed E-state index contributed by atoms with van der Waals surface area (Å²) in [6, 6.07) is 9.21. The highest BCUT2D eigenvalue weighted by Gasteiger charge is 2.31. The Balaban J connectivity index is 1.97. The smallest absolute Gasteiger partial charge is 0.335 e. The van der Waals surface area contributed by atoms with Crippen LogP contribution in [-0.2, 0) is 0 Å². The molecule has 9 N–H and O–H groups in total. The number of benzene rings is 1. The van der Waals surface area contributed by atoms with Gasteiger partial charge in [-0.1, -0.05) is 12.1 Å². The Morgan fingerprint density at radius 1 is 0.909 bits per heavy atom. The molecule has 1 aromatic carbocycles. The molecular weight excluding hydrogens is 468 g/mol. The van der Waals surface area contributed by atoms with Crippen molar-refractivity contribution in [1.29, 1.82) is 0 Å². The van der Waals surface area contributed by atoms with E-state index in [4.69, 9.17) is 40.3 Å². The van der Waals surface area contributed by atoms with Crippen molar-refractivity contribution in [3.8, 4) is 11.3 Å². The van der Waals surface area contributed by atoms with Crippen molar-refractivity contribution in [2.45, 2.75) is 5.92 Å². The molecule has 168 valence electrons. The fraction of sp³-hybridized carbons (Fsp3) is 0.0500. The largest absolute Gasteiger partial charge is 0.478 e. The standard InChI is InChI=1S/C20H16N6O5S2/c21-14-12(16(27)25-19(32)23-14)11(13-15(22)24-20(33)26-17(13)28)10-5-4-9(31-10)7-2-1-3-8(6-7)18(29)30/h1-6,11H,(H,29,30)(H4,21,23,25,27,32)(H4,22,24,26,28,33). The number of carboxylic acid groups (broad SMARTS) is 1. The van der Waals surface area contributed by atoms with E-state index in [9.17, 15) is 19.5 Å². The Hall–Kier alpha value is -4.23. The van der Waals surface area contributed by atoms with Crippen molar-refractivity contribution in [2.24, 2.45) is 0 Å². The van der Waals surface area contributed by atoms with Crippen LogP contribution < -0.4 is 22.6 Å². The molecule has 3 heterocycles. The SMILES string of the molecule is Nc1[nH]c(=S)[nH]c(=O)c1C(c1ccc(-c2cccc(C(=O)O)c2)o1)c1c(N)[nH]c(=S)[nH]c1=O. The molecule has 0 saturated carbocycles. The lowest BCUT2D eigenvalue weighted by Gasteiger charge is -2.17. The normalized spacial score (nSPS) is 11.1. The second-order valence-corrected chi connectivity index (χ2v) is 7.81. The van der Waals surface area contributed by atoms with Crippen LogP contribution in [0.3, 0.4) is 0 Å². The number of carboxylic acids is 1. The van der Waals surface area contributed by atoms with Gasteiger partial charge in [0.15, 0.2) is 9.54 Å². The van der Waals surface area contributed by atoms with Gasteiger partial charge in [0.05, 0.1) is 22.6 Å². The van der Waals surface area contributed by atoms with Crippen LogP contribution >= 0.6 is 24.4 Å². The number of hydrogen-bond acceptors (Lipinski definition) is 8. The van der Waals surface area contributed by atoms with E-state index in [1.54, 1.807) is 18.2 Å². The summed E-state index contributed by atoms with van der Waals surface area (Å²) >= 11 is 9.92. The number of aromatic carboxylic acids is 1. The third kappa shape index (κ3) is 4.14. The van der Waals surface area contributed by atoms with Gasteiger partial charge >= 0.3 is 5.97 Å². The lowest BCUT2D eigenvalue weighted by Crippen LogP contribution is -2.27. The zero-order valence-electron chi connectivity index (χ0n) is 16.6. The predicted octanol–water partition coefficient (Wildman–Crippen LogP) is 2.48. The minimum Gasteiger partial charge on any atom is -0.478 e. The second-order valence-electron chi connectivity index (χ2n) is 6.99. The molecule has 33 heavy (non-hydrogen) atoms. The predicted molar refractivity (Wildman–Crippen MR) is 125 cm³/mol. The summed E-state index contributed by atoms with van der Waals surface area (Å²) in [5, 5.41) is 9.26. The van der Waals surface area contributed by atoms with Gasteiger partial charge in [0.1, 0.15) is 23.2 Å². The molecule has 0 unspecified atom stereocenters. The van der Waals surface area contributed by atoms with Gasteiger partial charge in [-0.05, 0) is 48.7 Å². The van der Waals surface area contributed by atoms with Gasteiger partial charge in [0.25, 0.3) is 11.1 Å². The number of aromatic amines is 4. The first-order chi connectivity index (χ1) is 15.7. The number of hydrogen-bond donors (Lipinski definition) is 7. The van der Waals surface area contributed by atoms with Crippen LogP contribution in [0.2, 0.25) is 0 Å². The summed E-state index contributed by atoms with van der Waals surface area (Å²) < 4.78 is 5.97. The summed E-state index contributed by atoms with van der Waals surface area (Å²) in [5.41, 5.74) is 11.3. The van der Waals surface area contributed by atoms with Gasteiger partial charge in [-0.15, -0.1) is 0 Å². The Kier molecular flexibility index (Phi) is 5.57. The highest BCUT2D eigenvalue weighted by atomic mass is 32.1. The molecule has 0 radical (unpaired) electrons. The maximum atomic E-state index is 12.8. The Labute approximate surface area is 194 Å². The van der Waals surface area contributed by atoms with Crippen molar-refractivity contribution in [1.82, 2.24) is 19.9 Å². The van der Waals surface area contributed by atoms with Gasteiger partial charge in [-0.2, -0.15) is 0 Å². The average Bonchev–Trinajstić information content (AvgIpc) is 3.21. The first-order valence-corrected chi connectivity index (χ1v) is 10.1. The van der Waals surface area contributed by atoms with E-state index < -0.39 is 23.0 Å². The van der Waals surface area contributed by atoms with Crippen molar-refractivity contribution in [2.75, 3.05) is 11.5 Å². The first kappa shape index (κ1) is 22.0. The summed E-state index contributed by atoms with van der Waals surface area (Å²) in [6.45, 7) is 0. The molecule has 0 aliphatic carbocycles. The van der Waals surface area contributed by atoms with Crippen LogP contribution in [0.1, 0.15) is 33.2 Å². The number of H-pyrrole nitrogens is 4. The number of carbonyl (C=O) groups is 1. The number of nitrogen functional groups attached to an aromatic ring is 2. The summed E-state index contributed by atoms with van der Waals surface area (Å²) in [5.74, 6) is -1.96. The average molecular weight is 485 g/mol. The monoisotopic (exact) mass is 484 g/mol. The molecule has 0 bridgehead atoms. The lowest BCUT2D eigenvalue weighted by atomic mass is 9.91. The van der Waals surface area contributed by atoms with Gasteiger partial charge in [0.2, 0.25) is 0 Å². The van der Waals surface area contributed by atoms with Crippen LogP contribution in [0.5, 0.6) is 0 Å². The molecule has 0 aliphatic heterocycles. The van der Waals surface area contributed by atoms with E-state index >= 15 is 0 Å². The minimum atomic E-state index is -1.15. The Morgan fingerprint density at radius 3 is 2.00 bits per heavy atom. The third-order valence-corrected chi connectivity index (χ3v) is 5.31. The highest BCUT2D eigenvalue weighted by molar-refractivity contribution is 7.71. The van der Waals surface area contributed by atoms with Crippen LogP contribution in [-0.4, -0.2) is 31.0 Å². The molecule has 0 amide bonds. The van der Waals surface area contributed by atoms with Gasteiger partial charge in [0, 0.05) is 5.56 Å². The molecule has 0 atom stereocenters. The van der Waals surface area contributed by atoms with Crippen LogP contribution in [0.15, 0.2) is 50.4 Å². The molecule has 0 spiro atoms. The number of furan rings is 1. The van der Waals surface area contributed by atoms with Gasteiger partial charge < -0.3 is 31.0 Å². The fourth-order valence-electron chi connectivity index (χ4n) is 3.50. The number of rotatable bonds is 5. The van der Waals surface area contributed by atoms with E-state index in [1.807, 2.05) is 0 Å². The molecule has 3 aromatic heterocycles. The minimum absolute atomic E-state index is 0.0000282. The number of anilines is 2. The third-order valence-electron chi connectivity index (χ3n) is 4.90. The fourth-order valence-corrected chi connectivity index (χ4v) is 3.90. The Morgan fingerprint density at radius 2 is 1.48 bits per heavy atom. The quantitative estimate of drug-likeness (QED) is 0.208. The molecule has 0 aliphatic rings. The Bertz CT molecular complexity index is 1550. The lowest BCUT2D eigenvalue weighted by molar-refractivity contribution is 0.0697. The van der Waals surface area contributed by atoms with E-state index in [2.05, 4.69) is 19.9 Å². The maximum absolute atomic E-state index is 12.8. The zero-order chi connectivity index (χ0) is 23.9. The number of nitrogens with one attached hydrogen (secondary N) is 4. The molecule has 4 aromatic rings. The maximum Gasteiger partial charge on any atom is 0.335 e. The molecule has 11 nitrogen and oxygen atoms in total. The summed E-state index contributed by atoms with van der Waals surface area (Å²) in [7, 11) is 0. The van der Waals surface area contributed by atoms with E-state index in [-0.39, 0.29) is 43.6 Å². The van der Waals surface area contributed by atoms with E-state index in [0.717, 1.165) is 0 Å². The van der Waals surface area contributed by atoms with Crippen LogP contribution in [0, 0.1) is 9.54 Å². The van der Waals surface area contributed by atoms with Crippen molar-refractivity contribution in [3.05, 3.63) is 89.1 Å². The molecule has 13 heteroatoms. The van der Waals surface area contributed by atoms with Crippen molar-refractivity contribution < 1.29 is 14.3 Å².